The summed E-state index contributed by atoms with van der Waals surface area (Å²) in [7, 11) is 0. The van der Waals surface area contributed by atoms with Crippen LogP contribution in [0.4, 0.5) is 4.79 Å². The lowest BCUT2D eigenvalue weighted by atomic mass is 10.3. The SMILES string of the molecule is CC(C)N1C(=O)C(=O)N(CCSc2ccc(Cl)cc2)C1=O. The molecule has 0 aromatic heterocycles. The molecule has 1 heterocycles. The van der Waals surface area contributed by atoms with Crippen LogP contribution in [0.15, 0.2) is 29.2 Å². The summed E-state index contributed by atoms with van der Waals surface area (Å²) in [6.07, 6.45) is 0. The highest BCUT2D eigenvalue weighted by atomic mass is 35.5. The monoisotopic (exact) mass is 326 g/mol. The van der Waals surface area contributed by atoms with Crippen molar-refractivity contribution in [2.75, 3.05) is 12.3 Å². The fourth-order valence-electron chi connectivity index (χ4n) is 1.96. The number of thioether (sulfide) groups is 1. The lowest BCUT2D eigenvalue weighted by molar-refractivity contribution is -0.143. The zero-order valence-electron chi connectivity index (χ0n) is 11.7. The molecule has 21 heavy (non-hydrogen) atoms. The number of carbonyl (C=O) groups excluding carboxylic acids is 3. The first-order chi connectivity index (χ1) is 9.91. The molecular weight excluding hydrogens is 312 g/mol. The van der Waals surface area contributed by atoms with Crippen LogP contribution in [0.1, 0.15) is 13.8 Å². The van der Waals surface area contributed by atoms with Crippen molar-refractivity contribution >= 4 is 41.2 Å². The summed E-state index contributed by atoms with van der Waals surface area (Å²) >= 11 is 7.30. The van der Waals surface area contributed by atoms with Gasteiger partial charge in [0, 0.05) is 28.3 Å². The molecule has 1 aromatic rings. The highest BCUT2D eigenvalue weighted by Crippen LogP contribution is 2.22. The maximum Gasteiger partial charge on any atom is 0.334 e. The summed E-state index contributed by atoms with van der Waals surface area (Å²) in [5.41, 5.74) is 0. The van der Waals surface area contributed by atoms with E-state index in [0.29, 0.717) is 10.8 Å². The molecule has 1 saturated heterocycles. The summed E-state index contributed by atoms with van der Waals surface area (Å²) in [5, 5.41) is 0.655. The molecular formula is C14H15ClN2O3S. The number of amides is 4. The third-order valence-electron chi connectivity index (χ3n) is 3.00. The van der Waals surface area contributed by atoms with Crippen LogP contribution in [0, 0.1) is 0 Å². The third kappa shape index (κ3) is 3.39. The highest BCUT2D eigenvalue weighted by molar-refractivity contribution is 7.99. The van der Waals surface area contributed by atoms with Gasteiger partial charge in [-0.2, -0.15) is 0 Å². The number of nitrogens with zero attached hydrogens (tertiary/aromatic N) is 2. The second-order valence-electron chi connectivity index (χ2n) is 4.81. The minimum atomic E-state index is -0.745. The molecule has 0 aliphatic carbocycles. The van der Waals surface area contributed by atoms with Crippen molar-refractivity contribution < 1.29 is 14.4 Å². The van der Waals surface area contributed by atoms with Crippen molar-refractivity contribution in [1.82, 2.24) is 9.80 Å². The van der Waals surface area contributed by atoms with Crippen molar-refractivity contribution in [3.8, 4) is 0 Å². The first-order valence-corrected chi connectivity index (χ1v) is 7.85. The van der Waals surface area contributed by atoms with E-state index >= 15 is 0 Å². The van der Waals surface area contributed by atoms with E-state index in [1.165, 1.54) is 11.8 Å². The fraction of sp³-hybridized carbons (Fsp3) is 0.357. The van der Waals surface area contributed by atoms with Crippen LogP contribution in [0.5, 0.6) is 0 Å². The summed E-state index contributed by atoms with van der Waals surface area (Å²) < 4.78 is 0. The van der Waals surface area contributed by atoms with Crippen LogP contribution >= 0.6 is 23.4 Å². The maximum absolute atomic E-state index is 12.0. The number of urea groups is 1. The van der Waals surface area contributed by atoms with Crippen LogP contribution in [0.25, 0.3) is 0 Å². The molecule has 5 nitrogen and oxygen atoms in total. The van der Waals surface area contributed by atoms with Crippen LogP contribution in [-0.4, -0.2) is 46.0 Å². The number of hydrogen-bond acceptors (Lipinski definition) is 4. The van der Waals surface area contributed by atoms with Gasteiger partial charge in [-0.05, 0) is 38.1 Å². The molecule has 1 aromatic carbocycles. The Morgan fingerprint density at radius 1 is 1.10 bits per heavy atom. The van der Waals surface area contributed by atoms with Crippen molar-refractivity contribution in [3.05, 3.63) is 29.3 Å². The molecule has 2 rings (SSSR count). The van der Waals surface area contributed by atoms with Gasteiger partial charge in [0.15, 0.2) is 0 Å². The van der Waals surface area contributed by atoms with Gasteiger partial charge in [0.25, 0.3) is 0 Å². The van der Waals surface area contributed by atoms with Gasteiger partial charge in [0.1, 0.15) is 0 Å². The van der Waals surface area contributed by atoms with Gasteiger partial charge in [-0.3, -0.25) is 19.4 Å². The first-order valence-electron chi connectivity index (χ1n) is 6.49. The summed E-state index contributed by atoms with van der Waals surface area (Å²) in [6, 6.07) is 6.44. The zero-order valence-corrected chi connectivity index (χ0v) is 13.3. The number of benzene rings is 1. The Morgan fingerprint density at radius 2 is 1.71 bits per heavy atom. The number of hydrogen-bond donors (Lipinski definition) is 0. The number of rotatable bonds is 5. The van der Waals surface area contributed by atoms with Gasteiger partial charge in [-0.15, -0.1) is 11.8 Å². The topological polar surface area (TPSA) is 57.7 Å². The van der Waals surface area contributed by atoms with E-state index in [1.54, 1.807) is 26.0 Å². The average molecular weight is 327 g/mol. The molecule has 4 amide bonds. The predicted octanol–water partition coefficient (Wildman–Crippen LogP) is 2.63. The molecule has 112 valence electrons. The van der Waals surface area contributed by atoms with Gasteiger partial charge in [0.05, 0.1) is 0 Å². The molecule has 1 aliphatic heterocycles. The van der Waals surface area contributed by atoms with Gasteiger partial charge >= 0.3 is 17.8 Å². The van der Waals surface area contributed by atoms with Crippen molar-refractivity contribution in [2.45, 2.75) is 24.8 Å². The molecule has 1 fully saturated rings. The smallest absolute Gasteiger partial charge is 0.263 e. The fourth-order valence-corrected chi connectivity index (χ4v) is 2.92. The summed E-state index contributed by atoms with van der Waals surface area (Å²) in [4.78, 5) is 38.6. The number of imide groups is 2. The maximum atomic E-state index is 12.0. The molecule has 0 spiro atoms. The van der Waals surface area contributed by atoms with E-state index in [4.69, 9.17) is 11.6 Å². The lowest BCUT2D eigenvalue weighted by Gasteiger charge is -2.18. The zero-order chi connectivity index (χ0) is 15.6. The van der Waals surface area contributed by atoms with E-state index in [0.717, 1.165) is 14.7 Å². The Kier molecular flexibility index (Phi) is 4.90. The van der Waals surface area contributed by atoms with Gasteiger partial charge in [-0.1, -0.05) is 11.6 Å². The largest absolute Gasteiger partial charge is 0.334 e. The molecule has 0 bridgehead atoms. The normalized spacial score (nSPS) is 15.5. The Morgan fingerprint density at radius 3 is 2.24 bits per heavy atom. The molecule has 0 unspecified atom stereocenters. The predicted molar refractivity (Wildman–Crippen MR) is 81.3 cm³/mol. The average Bonchev–Trinajstić information content (AvgIpc) is 2.64. The van der Waals surface area contributed by atoms with Gasteiger partial charge in [0.2, 0.25) is 0 Å². The van der Waals surface area contributed by atoms with Gasteiger partial charge < -0.3 is 0 Å². The van der Waals surface area contributed by atoms with Crippen LogP contribution in [0.3, 0.4) is 0 Å². The first kappa shape index (κ1) is 15.9. The van der Waals surface area contributed by atoms with E-state index in [2.05, 4.69) is 0 Å². The Balaban J connectivity index is 1.94. The van der Waals surface area contributed by atoms with Gasteiger partial charge in [-0.25, -0.2) is 4.79 Å². The second kappa shape index (κ2) is 6.49. The number of carbonyl (C=O) groups is 3. The van der Waals surface area contributed by atoms with Crippen LogP contribution in [-0.2, 0) is 9.59 Å². The summed E-state index contributed by atoms with van der Waals surface area (Å²) in [6.45, 7) is 3.62. The standard InChI is InChI=1S/C14H15ClN2O3S/c1-9(2)17-13(19)12(18)16(14(17)20)7-8-21-11-5-3-10(15)4-6-11/h3-6,9H,7-8H2,1-2H3. The Labute approximate surface area is 132 Å². The van der Waals surface area contributed by atoms with Crippen LogP contribution < -0.4 is 0 Å². The van der Waals surface area contributed by atoms with Crippen molar-refractivity contribution in [2.24, 2.45) is 0 Å². The second-order valence-corrected chi connectivity index (χ2v) is 6.42. The molecule has 1 aliphatic rings. The Bertz CT molecular complexity index is 574. The molecule has 0 saturated carbocycles. The van der Waals surface area contributed by atoms with E-state index in [-0.39, 0.29) is 12.6 Å². The van der Waals surface area contributed by atoms with Crippen LogP contribution in [0.2, 0.25) is 5.02 Å². The molecule has 0 atom stereocenters. The molecule has 0 N–H and O–H groups in total. The number of halogens is 1. The minimum Gasteiger partial charge on any atom is -0.263 e. The van der Waals surface area contributed by atoms with Crippen molar-refractivity contribution in [3.63, 3.8) is 0 Å². The lowest BCUT2D eigenvalue weighted by Crippen LogP contribution is -2.38. The quantitative estimate of drug-likeness (QED) is 0.474. The molecule has 7 heteroatoms. The van der Waals surface area contributed by atoms with Crippen molar-refractivity contribution in [1.29, 1.82) is 0 Å². The summed E-state index contributed by atoms with van der Waals surface area (Å²) in [5.74, 6) is -0.963. The highest BCUT2D eigenvalue weighted by Gasteiger charge is 2.45. The molecule has 0 radical (unpaired) electrons. The van der Waals surface area contributed by atoms with E-state index in [9.17, 15) is 14.4 Å². The minimum absolute atomic E-state index is 0.208. The van der Waals surface area contributed by atoms with E-state index in [1.807, 2.05) is 12.1 Å². The van der Waals surface area contributed by atoms with E-state index < -0.39 is 17.8 Å². The Hall–Kier alpha value is -1.53. The third-order valence-corrected chi connectivity index (χ3v) is 4.24.